The minimum Gasteiger partial charge on any atom is -0.494 e. The number of hydrogen-bond donors (Lipinski definition) is 3. The molecular weight excluding hydrogens is 418 g/mol. The van der Waals surface area contributed by atoms with E-state index in [9.17, 15) is 9.59 Å². The summed E-state index contributed by atoms with van der Waals surface area (Å²) in [6, 6.07) is 22.0. The Bertz CT molecular complexity index is 1120. The Labute approximate surface area is 193 Å². The van der Waals surface area contributed by atoms with Gasteiger partial charge in [0.1, 0.15) is 18.1 Å². The largest absolute Gasteiger partial charge is 0.494 e. The number of carbonyl (C=O) groups is 2. The number of nitrogens with one attached hydrogen (secondary N) is 3. The lowest BCUT2D eigenvalue weighted by atomic mass is 9.95. The van der Waals surface area contributed by atoms with Gasteiger partial charge in [0.2, 0.25) is 5.91 Å². The van der Waals surface area contributed by atoms with E-state index in [0.29, 0.717) is 37.6 Å². The summed E-state index contributed by atoms with van der Waals surface area (Å²) in [5.74, 6) is 1.11. The molecule has 7 heteroatoms. The van der Waals surface area contributed by atoms with Crippen LogP contribution in [0.15, 0.2) is 72.8 Å². The lowest BCUT2D eigenvalue weighted by Gasteiger charge is -2.25. The van der Waals surface area contributed by atoms with Gasteiger partial charge in [-0.1, -0.05) is 36.4 Å². The van der Waals surface area contributed by atoms with E-state index < -0.39 is 0 Å². The van der Waals surface area contributed by atoms with Crippen LogP contribution in [0.25, 0.3) is 0 Å². The molecule has 1 unspecified atom stereocenters. The zero-order valence-corrected chi connectivity index (χ0v) is 18.5. The third-order valence-electron chi connectivity index (χ3n) is 5.35. The molecule has 0 spiro atoms. The summed E-state index contributed by atoms with van der Waals surface area (Å²) in [7, 11) is 0. The second kappa shape index (κ2) is 10.5. The quantitative estimate of drug-likeness (QED) is 0.496. The Morgan fingerprint density at radius 1 is 0.970 bits per heavy atom. The van der Waals surface area contributed by atoms with E-state index in [0.717, 1.165) is 22.6 Å². The van der Waals surface area contributed by atoms with Crippen molar-refractivity contribution in [1.82, 2.24) is 5.32 Å². The van der Waals surface area contributed by atoms with Crippen molar-refractivity contribution in [1.29, 1.82) is 0 Å². The van der Waals surface area contributed by atoms with E-state index in [1.807, 2.05) is 73.7 Å². The molecule has 0 aromatic heterocycles. The highest BCUT2D eigenvalue weighted by molar-refractivity contribution is 5.99. The second-order valence-corrected chi connectivity index (χ2v) is 7.74. The molecule has 1 aliphatic heterocycles. The van der Waals surface area contributed by atoms with Crippen LogP contribution in [0.5, 0.6) is 11.5 Å². The number of benzene rings is 3. The molecule has 1 heterocycles. The van der Waals surface area contributed by atoms with Gasteiger partial charge in [-0.25, -0.2) is 4.79 Å². The van der Waals surface area contributed by atoms with Crippen molar-refractivity contribution in [2.75, 3.05) is 23.8 Å². The molecule has 7 nitrogen and oxygen atoms in total. The van der Waals surface area contributed by atoms with Crippen LogP contribution in [0.1, 0.15) is 18.1 Å². The fourth-order valence-corrected chi connectivity index (χ4v) is 3.73. The summed E-state index contributed by atoms with van der Waals surface area (Å²) in [6.45, 7) is 3.20. The number of hydrogen-bond acceptors (Lipinski definition) is 4. The van der Waals surface area contributed by atoms with E-state index in [2.05, 4.69) is 16.0 Å². The minimum absolute atomic E-state index is 0.0767. The lowest BCUT2D eigenvalue weighted by molar-refractivity contribution is -0.126. The van der Waals surface area contributed by atoms with Crippen molar-refractivity contribution >= 4 is 23.3 Å². The number of urea groups is 1. The molecule has 1 atom stereocenters. The second-order valence-electron chi connectivity index (χ2n) is 7.74. The summed E-state index contributed by atoms with van der Waals surface area (Å²) in [5.41, 5.74) is 3.16. The van der Waals surface area contributed by atoms with Gasteiger partial charge >= 0.3 is 6.03 Å². The third-order valence-corrected chi connectivity index (χ3v) is 5.35. The van der Waals surface area contributed by atoms with Crippen LogP contribution in [-0.4, -0.2) is 25.2 Å². The van der Waals surface area contributed by atoms with Crippen LogP contribution in [0, 0.1) is 5.92 Å². The van der Waals surface area contributed by atoms with Gasteiger partial charge in [0.25, 0.3) is 0 Å². The summed E-state index contributed by atoms with van der Waals surface area (Å²) in [6.07, 6.45) is 0.532. The standard InChI is InChI=1S/C26H27N3O4/c1-2-32-23-11-7-6-8-18(23)16-27-25(30)20-14-19-15-22(12-13-24(19)33-17-20)29-26(31)28-21-9-4-3-5-10-21/h3-13,15,20H,2,14,16-17H2,1H3,(H,27,30)(H2,28,29,31). The average Bonchev–Trinajstić information content (AvgIpc) is 2.83. The number of carbonyl (C=O) groups excluding carboxylic acids is 2. The maximum Gasteiger partial charge on any atom is 0.323 e. The maximum absolute atomic E-state index is 12.8. The van der Waals surface area contributed by atoms with Gasteiger partial charge in [-0.2, -0.15) is 0 Å². The first kappa shape index (κ1) is 22.2. The molecule has 4 rings (SSSR count). The smallest absolute Gasteiger partial charge is 0.323 e. The van der Waals surface area contributed by atoms with Crippen LogP contribution in [0.3, 0.4) is 0 Å². The number of rotatable bonds is 7. The zero-order chi connectivity index (χ0) is 23.0. The van der Waals surface area contributed by atoms with Gasteiger partial charge in [0.15, 0.2) is 0 Å². The predicted octanol–water partition coefficient (Wildman–Crippen LogP) is 4.60. The van der Waals surface area contributed by atoms with E-state index in [1.54, 1.807) is 6.07 Å². The highest BCUT2D eigenvalue weighted by atomic mass is 16.5. The van der Waals surface area contributed by atoms with E-state index >= 15 is 0 Å². The first-order valence-corrected chi connectivity index (χ1v) is 11.0. The van der Waals surface area contributed by atoms with Gasteiger partial charge in [0, 0.05) is 23.5 Å². The number of ether oxygens (including phenoxy) is 2. The Kier molecular flexibility index (Phi) is 7.09. The Morgan fingerprint density at radius 2 is 1.73 bits per heavy atom. The van der Waals surface area contributed by atoms with Crippen molar-refractivity contribution in [2.24, 2.45) is 5.92 Å². The molecule has 0 saturated heterocycles. The zero-order valence-electron chi connectivity index (χ0n) is 18.5. The number of anilines is 2. The van der Waals surface area contributed by atoms with Gasteiger partial charge in [0.05, 0.1) is 12.5 Å². The van der Waals surface area contributed by atoms with Gasteiger partial charge in [-0.05, 0) is 55.3 Å². The Hall–Kier alpha value is -4.00. The molecule has 3 amide bonds. The topological polar surface area (TPSA) is 88.7 Å². The number of para-hydroxylation sites is 2. The summed E-state index contributed by atoms with van der Waals surface area (Å²) >= 11 is 0. The van der Waals surface area contributed by atoms with Crippen molar-refractivity contribution in [3.63, 3.8) is 0 Å². The molecule has 0 bridgehead atoms. The first-order valence-electron chi connectivity index (χ1n) is 11.0. The molecule has 0 saturated carbocycles. The van der Waals surface area contributed by atoms with Crippen molar-refractivity contribution in [3.05, 3.63) is 83.9 Å². The van der Waals surface area contributed by atoms with Crippen LogP contribution in [0.4, 0.5) is 16.2 Å². The molecular formula is C26H27N3O4. The molecule has 0 fully saturated rings. The van der Waals surface area contributed by atoms with Crippen LogP contribution >= 0.6 is 0 Å². The van der Waals surface area contributed by atoms with Crippen molar-refractivity contribution < 1.29 is 19.1 Å². The fourth-order valence-electron chi connectivity index (χ4n) is 3.73. The lowest BCUT2D eigenvalue weighted by Crippen LogP contribution is -2.37. The minimum atomic E-state index is -0.333. The summed E-state index contributed by atoms with van der Waals surface area (Å²) < 4.78 is 11.4. The van der Waals surface area contributed by atoms with Crippen LogP contribution in [-0.2, 0) is 17.8 Å². The first-order chi connectivity index (χ1) is 16.1. The van der Waals surface area contributed by atoms with E-state index in [-0.39, 0.29) is 17.9 Å². The highest BCUT2D eigenvalue weighted by Crippen LogP contribution is 2.30. The molecule has 3 aromatic carbocycles. The SMILES string of the molecule is CCOc1ccccc1CNC(=O)C1COc2ccc(NC(=O)Nc3ccccc3)cc2C1. The van der Waals surface area contributed by atoms with Crippen molar-refractivity contribution in [3.8, 4) is 11.5 Å². The normalized spacial score (nSPS) is 14.4. The highest BCUT2D eigenvalue weighted by Gasteiger charge is 2.26. The van der Waals surface area contributed by atoms with Gasteiger partial charge in [-0.15, -0.1) is 0 Å². The molecule has 1 aliphatic rings. The molecule has 0 aliphatic carbocycles. The van der Waals surface area contributed by atoms with Gasteiger partial charge in [-0.3, -0.25) is 4.79 Å². The van der Waals surface area contributed by atoms with Crippen molar-refractivity contribution in [2.45, 2.75) is 19.9 Å². The van der Waals surface area contributed by atoms with Gasteiger partial charge < -0.3 is 25.4 Å². The molecule has 33 heavy (non-hydrogen) atoms. The number of fused-ring (bicyclic) bond motifs is 1. The average molecular weight is 446 g/mol. The molecule has 0 radical (unpaired) electrons. The van der Waals surface area contributed by atoms with Crippen LogP contribution in [0.2, 0.25) is 0 Å². The number of amides is 3. The third kappa shape index (κ3) is 5.83. The van der Waals surface area contributed by atoms with E-state index in [1.165, 1.54) is 0 Å². The van der Waals surface area contributed by atoms with Crippen LogP contribution < -0.4 is 25.4 Å². The molecule has 3 aromatic rings. The summed E-state index contributed by atoms with van der Waals surface area (Å²) in [4.78, 5) is 25.1. The predicted molar refractivity (Wildman–Crippen MR) is 128 cm³/mol. The maximum atomic E-state index is 12.8. The molecule has 170 valence electrons. The van der Waals surface area contributed by atoms with E-state index in [4.69, 9.17) is 9.47 Å². The fraction of sp³-hybridized carbons (Fsp3) is 0.231. The molecule has 3 N–H and O–H groups in total. The Morgan fingerprint density at radius 3 is 2.55 bits per heavy atom. The monoisotopic (exact) mass is 445 g/mol. The summed E-state index contributed by atoms with van der Waals surface area (Å²) in [5, 5.41) is 8.61. The Balaban J connectivity index is 1.35.